The van der Waals surface area contributed by atoms with E-state index in [2.05, 4.69) is 47.3 Å². The van der Waals surface area contributed by atoms with Gasteiger partial charge in [0, 0.05) is 30.8 Å². The predicted molar refractivity (Wildman–Crippen MR) is 84.4 cm³/mol. The normalized spacial score (nSPS) is 18.5. The van der Waals surface area contributed by atoms with Gasteiger partial charge in [0.15, 0.2) is 5.65 Å². The molecule has 0 aliphatic carbocycles. The second kappa shape index (κ2) is 4.88. The second-order valence-electron chi connectivity index (χ2n) is 5.81. The summed E-state index contributed by atoms with van der Waals surface area (Å²) in [6.07, 6.45) is 3.06. The molecule has 1 aliphatic rings. The molecule has 0 radical (unpaired) electrons. The van der Waals surface area contributed by atoms with Crippen molar-refractivity contribution in [2.24, 2.45) is 5.92 Å². The van der Waals surface area contributed by atoms with Gasteiger partial charge in [0.25, 0.3) is 0 Å². The molecule has 106 valence electrons. The van der Waals surface area contributed by atoms with Crippen molar-refractivity contribution >= 4 is 11.5 Å². The first-order chi connectivity index (χ1) is 10.3. The summed E-state index contributed by atoms with van der Waals surface area (Å²) in [5.41, 5.74) is 3.07. The van der Waals surface area contributed by atoms with E-state index in [1.165, 1.54) is 6.42 Å². The van der Waals surface area contributed by atoms with Crippen LogP contribution in [-0.2, 0) is 0 Å². The van der Waals surface area contributed by atoms with E-state index >= 15 is 0 Å². The monoisotopic (exact) mass is 278 g/mol. The average molecular weight is 278 g/mol. The number of anilines is 1. The minimum Gasteiger partial charge on any atom is -0.356 e. The Labute approximate surface area is 124 Å². The van der Waals surface area contributed by atoms with Gasteiger partial charge in [-0.05, 0) is 12.3 Å². The Morgan fingerprint density at radius 2 is 2.00 bits per heavy atom. The third kappa shape index (κ3) is 2.17. The highest BCUT2D eigenvalue weighted by molar-refractivity contribution is 5.67. The molecule has 4 nitrogen and oxygen atoms in total. The van der Waals surface area contributed by atoms with Crippen LogP contribution in [0.4, 0.5) is 5.82 Å². The van der Waals surface area contributed by atoms with Crippen LogP contribution in [0.5, 0.6) is 0 Å². The van der Waals surface area contributed by atoms with Crippen LogP contribution in [0.2, 0.25) is 0 Å². The zero-order chi connectivity index (χ0) is 14.2. The van der Waals surface area contributed by atoms with Gasteiger partial charge in [-0.3, -0.25) is 0 Å². The van der Waals surface area contributed by atoms with Crippen molar-refractivity contribution in [3.63, 3.8) is 0 Å². The van der Waals surface area contributed by atoms with Gasteiger partial charge in [0.2, 0.25) is 0 Å². The molecule has 1 saturated heterocycles. The number of aromatic nitrogens is 3. The predicted octanol–water partition coefficient (Wildman–Crippen LogP) is 3.24. The minimum absolute atomic E-state index is 0.740. The summed E-state index contributed by atoms with van der Waals surface area (Å²) in [6, 6.07) is 14.5. The lowest BCUT2D eigenvalue weighted by Crippen LogP contribution is -2.22. The van der Waals surface area contributed by atoms with E-state index in [-0.39, 0.29) is 0 Å². The van der Waals surface area contributed by atoms with Crippen LogP contribution in [0.15, 0.2) is 48.7 Å². The van der Waals surface area contributed by atoms with E-state index in [1.54, 1.807) is 0 Å². The lowest BCUT2D eigenvalue weighted by Gasteiger charge is -2.20. The van der Waals surface area contributed by atoms with Gasteiger partial charge >= 0.3 is 0 Å². The number of nitrogens with zero attached hydrogens (tertiary/aromatic N) is 4. The molecule has 2 aromatic heterocycles. The molecule has 4 heteroatoms. The van der Waals surface area contributed by atoms with Crippen LogP contribution < -0.4 is 4.90 Å². The maximum atomic E-state index is 4.73. The van der Waals surface area contributed by atoms with E-state index in [4.69, 9.17) is 4.98 Å². The van der Waals surface area contributed by atoms with E-state index in [1.807, 2.05) is 22.8 Å². The van der Waals surface area contributed by atoms with Crippen LogP contribution in [0.3, 0.4) is 0 Å². The Bertz CT molecular complexity index is 763. The highest BCUT2D eigenvalue weighted by Crippen LogP contribution is 2.28. The first-order valence-electron chi connectivity index (χ1n) is 7.46. The molecule has 1 unspecified atom stereocenters. The van der Waals surface area contributed by atoms with E-state index in [0.717, 1.165) is 41.7 Å². The molecule has 0 saturated carbocycles. The molecule has 0 amide bonds. The summed E-state index contributed by atoms with van der Waals surface area (Å²) in [6.45, 7) is 4.49. The Balaban J connectivity index is 1.87. The molecule has 3 aromatic rings. The SMILES string of the molecule is CC1CCN(c2cc(-c3ccccc3)nc3ccnn23)C1. The molecular formula is C17H18N4. The summed E-state index contributed by atoms with van der Waals surface area (Å²) >= 11 is 0. The Kier molecular flexibility index (Phi) is 2.88. The summed E-state index contributed by atoms with van der Waals surface area (Å²) in [5.74, 6) is 1.89. The molecule has 3 heterocycles. The standard InChI is InChI=1S/C17H18N4/c1-13-8-10-20(12-13)17-11-15(14-5-3-2-4-6-14)19-16-7-9-18-21(16)17/h2-7,9,11,13H,8,10,12H2,1H3. The van der Waals surface area contributed by atoms with Crippen molar-refractivity contribution in [2.45, 2.75) is 13.3 Å². The first-order valence-corrected chi connectivity index (χ1v) is 7.46. The summed E-state index contributed by atoms with van der Waals surface area (Å²) in [4.78, 5) is 7.15. The lowest BCUT2D eigenvalue weighted by molar-refractivity contribution is 0.658. The highest BCUT2D eigenvalue weighted by Gasteiger charge is 2.22. The number of hydrogen-bond acceptors (Lipinski definition) is 3. The van der Waals surface area contributed by atoms with Gasteiger partial charge in [0.05, 0.1) is 11.9 Å². The largest absolute Gasteiger partial charge is 0.356 e. The van der Waals surface area contributed by atoms with Crippen LogP contribution >= 0.6 is 0 Å². The third-order valence-electron chi connectivity index (χ3n) is 4.16. The van der Waals surface area contributed by atoms with Crippen LogP contribution in [-0.4, -0.2) is 27.7 Å². The van der Waals surface area contributed by atoms with Crippen LogP contribution in [0, 0.1) is 5.92 Å². The molecule has 21 heavy (non-hydrogen) atoms. The molecule has 0 N–H and O–H groups in total. The van der Waals surface area contributed by atoms with Crippen molar-refractivity contribution in [1.29, 1.82) is 0 Å². The summed E-state index contributed by atoms with van der Waals surface area (Å²) in [7, 11) is 0. The second-order valence-corrected chi connectivity index (χ2v) is 5.81. The van der Waals surface area contributed by atoms with Gasteiger partial charge in [-0.25, -0.2) is 4.98 Å². The highest BCUT2D eigenvalue weighted by atomic mass is 15.3. The zero-order valence-corrected chi connectivity index (χ0v) is 12.1. The quantitative estimate of drug-likeness (QED) is 0.721. The van der Waals surface area contributed by atoms with Crippen LogP contribution in [0.25, 0.3) is 16.9 Å². The van der Waals surface area contributed by atoms with Crippen molar-refractivity contribution in [3.05, 3.63) is 48.7 Å². The lowest BCUT2D eigenvalue weighted by atomic mass is 10.1. The fraction of sp³-hybridized carbons (Fsp3) is 0.294. The third-order valence-corrected chi connectivity index (χ3v) is 4.16. The number of benzene rings is 1. The molecule has 1 atom stereocenters. The molecule has 1 aliphatic heterocycles. The molecule has 0 spiro atoms. The van der Waals surface area contributed by atoms with Gasteiger partial charge < -0.3 is 4.90 Å². The number of fused-ring (bicyclic) bond motifs is 1. The van der Waals surface area contributed by atoms with Crippen molar-refractivity contribution in [3.8, 4) is 11.3 Å². The van der Waals surface area contributed by atoms with Gasteiger partial charge in [-0.15, -0.1) is 0 Å². The Morgan fingerprint density at radius 3 is 2.76 bits per heavy atom. The van der Waals surface area contributed by atoms with Crippen molar-refractivity contribution in [1.82, 2.24) is 14.6 Å². The fourth-order valence-corrected chi connectivity index (χ4v) is 3.02. The van der Waals surface area contributed by atoms with Gasteiger partial charge in [0.1, 0.15) is 5.82 Å². The van der Waals surface area contributed by atoms with Gasteiger partial charge in [-0.1, -0.05) is 37.3 Å². The molecular weight excluding hydrogens is 260 g/mol. The fourth-order valence-electron chi connectivity index (χ4n) is 3.02. The first kappa shape index (κ1) is 12.4. The summed E-state index contributed by atoms with van der Waals surface area (Å²) < 4.78 is 1.95. The Morgan fingerprint density at radius 1 is 1.14 bits per heavy atom. The maximum Gasteiger partial charge on any atom is 0.157 e. The molecule has 0 bridgehead atoms. The topological polar surface area (TPSA) is 33.4 Å². The minimum atomic E-state index is 0.740. The van der Waals surface area contributed by atoms with E-state index in [9.17, 15) is 0 Å². The molecule has 1 fully saturated rings. The molecule has 1 aromatic carbocycles. The van der Waals surface area contributed by atoms with Gasteiger partial charge in [-0.2, -0.15) is 9.61 Å². The number of hydrogen-bond donors (Lipinski definition) is 0. The van der Waals surface area contributed by atoms with Crippen molar-refractivity contribution in [2.75, 3.05) is 18.0 Å². The van der Waals surface area contributed by atoms with E-state index < -0.39 is 0 Å². The average Bonchev–Trinajstić information content (AvgIpc) is 3.15. The smallest absolute Gasteiger partial charge is 0.157 e. The maximum absolute atomic E-state index is 4.73. The van der Waals surface area contributed by atoms with E-state index in [0.29, 0.717) is 0 Å². The van der Waals surface area contributed by atoms with Crippen molar-refractivity contribution < 1.29 is 0 Å². The Hall–Kier alpha value is -2.36. The van der Waals surface area contributed by atoms with Crippen LogP contribution in [0.1, 0.15) is 13.3 Å². The number of rotatable bonds is 2. The molecule has 4 rings (SSSR count). The summed E-state index contributed by atoms with van der Waals surface area (Å²) in [5, 5.41) is 4.44. The zero-order valence-electron chi connectivity index (χ0n) is 12.1.